The fourth-order valence-electron chi connectivity index (χ4n) is 3.25. The van der Waals surface area contributed by atoms with Crippen molar-refractivity contribution < 1.29 is 15.0 Å². The average molecular weight is 402 g/mol. The molecule has 1 aliphatic rings. The molecule has 0 saturated carbocycles. The van der Waals surface area contributed by atoms with Crippen LogP contribution in [0.5, 0.6) is 5.75 Å². The first-order valence-corrected chi connectivity index (χ1v) is 9.70. The summed E-state index contributed by atoms with van der Waals surface area (Å²) < 4.78 is 0. The quantitative estimate of drug-likeness (QED) is 0.626. The largest absolute Gasteiger partial charge is 0.507 e. The van der Waals surface area contributed by atoms with Crippen molar-refractivity contribution in [2.75, 3.05) is 0 Å². The maximum Gasteiger partial charge on any atom is 0.186 e. The molecule has 3 aromatic rings. The molecular weight excluding hydrogens is 384 g/mol. The Morgan fingerprint density at radius 3 is 2.19 bits per heavy atom. The smallest absolute Gasteiger partial charge is 0.186 e. The Morgan fingerprint density at radius 2 is 1.48 bits per heavy atom. The van der Waals surface area contributed by atoms with Gasteiger partial charge in [-0.25, -0.2) is 0 Å². The zero-order valence-corrected chi connectivity index (χ0v) is 16.5. The second kappa shape index (κ2) is 8.59. The van der Waals surface area contributed by atoms with E-state index in [1.54, 1.807) is 18.2 Å². The van der Waals surface area contributed by atoms with Crippen molar-refractivity contribution >= 4 is 11.4 Å². The predicted molar refractivity (Wildman–Crippen MR) is 122 cm³/mol. The summed E-state index contributed by atoms with van der Waals surface area (Å²) in [5, 5.41) is 20.9. The van der Waals surface area contributed by atoms with Crippen LogP contribution in [-0.4, -0.2) is 21.6 Å². The summed E-state index contributed by atoms with van der Waals surface area (Å²) in [7, 11) is 0. The predicted octanol–water partition coefficient (Wildman–Crippen LogP) is 4.37. The van der Waals surface area contributed by atoms with E-state index in [1.807, 2.05) is 60.7 Å². The van der Waals surface area contributed by atoms with E-state index in [1.165, 1.54) is 18.2 Å². The third-order valence-corrected chi connectivity index (χ3v) is 4.82. The fourth-order valence-corrected chi connectivity index (χ4v) is 3.25. The Hall–Kier alpha value is -4.31. The van der Waals surface area contributed by atoms with Gasteiger partial charge in [-0.3, -0.25) is 4.79 Å². The summed E-state index contributed by atoms with van der Waals surface area (Å²) >= 11 is 0. The molecule has 0 aliphatic heterocycles. The van der Waals surface area contributed by atoms with Crippen molar-refractivity contribution in [2.45, 2.75) is 5.60 Å². The molecule has 148 valence electrons. The highest BCUT2D eigenvalue weighted by Gasteiger charge is 2.26. The van der Waals surface area contributed by atoms with Crippen LogP contribution in [0.15, 0.2) is 97.1 Å². The number of hydrogen-bond donors (Lipinski definition) is 2. The summed E-state index contributed by atoms with van der Waals surface area (Å²) in [6.07, 6.45) is 4.15. The number of allylic oxidation sites excluding steroid dienone is 2. The Bertz CT molecular complexity index is 1310. The molecule has 2 N–H and O–H groups in total. The number of rotatable bonds is 2. The van der Waals surface area contributed by atoms with E-state index in [4.69, 9.17) is 0 Å². The zero-order chi connectivity index (χ0) is 21.7. The van der Waals surface area contributed by atoms with Crippen LogP contribution < -0.4 is 0 Å². The summed E-state index contributed by atoms with van der Waals surface area (Å²) in [5.41, 5.74) is 1.81. The molecule has 31 heavy (non-hydrogen) atoms. The summed E-state index contributed by atoms with van der Waals surface area (Å²) in [6.45, 7) is 0. The van der Waals surface area contributed by atoms with Crippen LogP contribution in [0, 0.1) is 23.7 Å². The lowest BCUT2D eigenvalue weighted by atomic mass is 9.89. The van der Waals surface area contributed by atoms with Crippen molar-refractivity contribution in [2.24, 2.45) is 0 Å². The van der Waals surface area contributed by atoms with Gasteiger partial charge < -0.3 is 10.2 Å². The molecule has 3 nitrogen and oxygen atoms in total. The van der Waals surface area contributed by atoms with Gasteiger partial charge in [-0.1, -0.05) is 66.6 Å². The topological polar surface area (TPSA) is 57.5 Å². The molecule has 1 atom stereocenters. The highest BCUT2D eigenvalue weighted by Crippen LogP contribution is 2.29. The molecule has 0 spiro atoms. The number of carbonyl (C=O) groups excluding carboxylic acids is 1. The van der Waals surface area contributed by atoms with E-state index in [0.29, 0.717) is 16.7 Å². The number of hydrogen-bond acceptors (Lipinski definition) is 3. The highest BCUT2D eigenvalue weighted by atomic mass is 16.3. The minimum Gasteiger partial charge on any atom is -0.507 e. The summed E-state index contributed by atoms with van der Waals surface area (Å²) in [6, 6.07) is 23.8. The molecule has 1 unspecified atom stereocenters. The highest BCUT2D eigenvalue weighted by molar-refractivity contribution is 6.27. The molecule has 3 aromatic carbocycles. The first-order valence-electron chi connectivity index (χ1n) is 9.70. The maximum atomic E-state index is 12.2. The SMILES string of the molecule is O=C1C=CC(O)(C#CC#Cc2ccc(O)c(-c3ccccc3)c2)C=C1c1ccccc1. The minimum absolute atomic E-state index is 0.174. The molecule has 0 fully saturated rings. The number of aliphatic hydroxyl groups is 1. The van der Waals surface area contributed by atoms with E-state index in [0.717, 1.165) is 11.1 Å². The number of carbonyl (C=O) groups is 1. The van der Waals surface area contributed by atoms with Crippen LogP contribution in [0.1, 0.15) is 11.1 Å². The Kier molecular flexibility index (Phi) is 5.54. The van der Waals surface area contributed by atoms with Gasteiger partial charge in [0.1, 0.15) is 5.75 Å². The van der Waals surface area contributed by atoms with E-state index in [-0.39, 0.29) is 11.5 Å². The zero-order valence-electron chi connectivity index (χ0n) is 16.5. The lowest BCUT2D eigenvalue weighted by Gasteiger charge is -2.19. The van der Waals surface area contributed by atoms with Crippen LogP contribution in [-0.2, 0) is 4.79 Å². The molecule has 3 heteroatoms. The standard InChI is InChI=1S/C28H18O3/c29-26-15-14-21(19-24(26)22-10-3-1-4-11-22)9-7-8-17-28(31)18-16-27(30)25(20-28)23-12-5-2-6-13-23/h1-6,10-16,18-20,29,31H. The van der Waals surface area contributed by atoms with Crippen LogP contribution in [0.3, 0.4) is 0 Å². The van der Waals surface area contributed by atoms with Crippen LogP contribution in [0.2, 0.25) is 0 Å². The molecule has 4 rings (SSSR count). The third-order valence-electron chi connectivity index (χ3n) is 4.82. The van der Waals surface area contributed by atoms with Crippen molar-refractivity contribution in [3.05, 3.63) is 108 Å². The van der Waals surface area contributed by atoms with Gasteiger partial charge in [0.2, 0.25) is 0 Å². The van der Waals surface area contributed by atoms with Gasteiger partial charge in [0.05, 0.1) is 0 Å². The van der Waals surface area contributed by atoms with Crippen LogP contribution in [0.25, 0.3) is 16.7 Å². The van der Waals surface area contributed by atoms with Gasteiger partial charge in [0.25, 0.3) is 0 Å². The third kappa shape index (κ3) is 4.65. The summed E-state index contributed by atoms with van der Waals surface area (Å²) in [4.78, 5) is 12.2. The normalized spacial score (nSPS) is 17.1. The van der Waals surface area contributed by atoms with E-state index in [9.17, 15) is 15.0 Å². The molecule has 0 saturated heterocycles. The molecule has 1 aliphatic carbocycles. The first-order chi connectivity index (χ1) is 15.0. The molecule has 0 bridgehead atoms. The van der Waals surface area contributed by atoms with Crippen molar-refractivity contribution in [1.82, 2.24) is 0 Å². The van der Waals surface area contributed by atoms with Gasteiger partial charge in [-0.15, -0.1) is 0 Å². The number of benzene rings is 3. The Balaban J connectivity index is 1.59. The fraction of sp³-hybridized carbons (Fsp3) is 0.0357. The minimum atomic E-state index is -1.57. The number of ketones is 1. The van der Waals surface area contributed by atoms with Crippen LogP contribution >= 0.6 is 0 Å². The van der Waals surface area contributed by atoms with Crippen LogP contribution in [0.4, 0.5) is 0 Å². The van der Waals surface area contributed by atoms with Gasteiger partial charge in [-0.2, -0.15) is 0 Å². The van der Waals surface area contributed by atoms with Gasteiger partial charge in [0, 0.05) is 16.7 Å². The van der Waals surface area contributed by atoms with Gasteiger partial charge in [0.15, 0.2) is 11.4 Å². The van der Waals surface area contributed by atoms with E-state index < -0.39 is 5.60 Å². The monoisotopic (exact) mass is 402 g/mol. The number of phenolic OH excluding ortho intramolecular Hbond substituents is 1. The maximum absolute atomic E-state index is 12.2. The molecule has 0 heterocycles. The van der Waals surface area contributed by atoms with Gasteiger partial charge in [-0.05, 0) is 65.3 Å². The van der Waals surface area contributed by atoms with E-state index in [2.05, 4.69) is 23.7 Å². The molecule has 0 radical (unpaired) electrons. The molecule has 0 aromatic heterocycles. The van der Waals surface area contributed by atoms with Gasteiger partial charge >= 0.3 is 0 Å². The van der Waals surface area contributed by atoms with Crippen molar-refractivity contribution in [3.63, 3.8) is 0 Å². The lowest BCUT2D eigenvalue weighted by molar-refractivity contribution is -0.109. The second-order valence-electron chi connectivity index (χ2n) is 7.04. The average Bonchev–Trinajstić information content (AvgIpc) is 2.81. The Morgan fingerprint density at radius 1 is 0.806 bits per heavy atom. The molecule has 0 amide bonds. The molecular formula is C28H18O3. The van der Waals surface area contributed by atoms with Crippen molar-refractivity contribution in [3.8, 4) is 40.6 Å². The number of phenols is 1. The number of aromatic hydroxyl groups is 1. The first kappa shape index (κ1) is 20.0. The summed E-state index contributed by atoms with van der Waals surface area (Å²) in [5.74, 6) is 11.1. The van der Waals surface area contributed by atoms with E-state index >= 15 is 0 Å². The lowest BCUT2D eigenvalue weighted by Crippen LogP contribution is -2.25. The van der Waals surface area contributed by atoms with Crippen molar-refractivity contribution in [1.29, 1.82) is 0 Å². The Labute approximate surface area is 181 Å². The second-order valence-corrected chi connectivity index (χ2v) is 7.04.